The first-order valence-electron chi connectivity index (χ1n) is 5.47. The number of rotatable bonds is 6. The lowest BCUT2D eigenvalue weighted by Crippen LogP contribution is -2.39. The van der Waals surface area contributed by atoms with E-state index in [-0.39, 0.29) is 19.0 Å². The standard InChI is InChI=1S/C11H17N3O4/c1-7-4-8(2)14(13-7)6-10(15)12-5-9(18-3)11(16)17/h4,9H,5-6H2,1-3H3,(H,12,15)(H,16,17). The Morgan fingerprint density at radius 3 is 2.67 bits per heavy atom. The molecule has 0 aromatic carbocycles. The molecule has 0 saturated heterocycles. The Hall–Kier alpha value is -1.89. The average molecular weight is 255 g/mol. The van der Waals surface area contributed by atoms with Crippen LogP contribution < -0.4 is 5.32 Å². The predicted octanol–water partition coefficient (Wildman–Crippen LogP) is -0.284. The van der Waals surface area contributed by atoms with E-state index in [0.717, 1.165) is 11.4 Å². The first-order chi connectivity index (χ1) is 8.43. The Bertz CT molecular complexity index is 441. The van der Waals surface area contributed by atoms with Crippen molar-refractivity contribution >= 4 is 11.9 Å². The number of hydrogen-bond donors (Lipinski definition) is 2. The summed E-state index contributed by atoms with van der Waals surface area (Å²) in [5.41, 5.74) is 1.71. The van der Waals surface area contributed by atoms with Gasteiger partial charge in [0, 0.05) is 12.8 Å². The molecule has 7 heteroatoms. The van der Waals surface area contributed by atoms with Crippen molar-refractivity contribution in [2.45, 2.75) is 26.5 Å². The van der Waals surface area contributed by atoms with Crippen LogP contribution >= 0.6 is 0 Å². The third kappa shape index (κ3) is 3.85. The van der Waals surface area contributed by atoms with Crippen molar-refractivity contribution in [1.82, 2.24) is 15.1 Å². The van der Waals surface area contributed by atoms with Gasteiger partial charge in [-0.1, -0.05) is 0 Å². The van der Waals surface area contributed by atoms with Gasteiger partial charge in [0.15, 0.2) is 6.10 Å². The number of carbonyl (C=O) groups excluding carboxylic acids is 1. The third-order valence-electron chi connectivity index (χ3n) is 2.44. The highest BCUT2D eigenvalue weighted by atomic mass is 16.5. The normalized spacial score (nSPS) is 12.2. The van der Waals surface area contributed by atoms with Crippen LogP contribution in [0.15, 0.2) is 6.07 Å². The molecular weight excluding hydrogens is 238 g/mol. The van der Waals surface area contributed by atoms with Gasteiger partial charge in [-0.15, -0.1) is 0 Å². The topological polar surface area (TPSA) is 93.5 Å². The number of nitrogens with one attached hydrogen (secondary N) is 1. The van der Waals surface area contributed by atoms with Crippen LogP contribution in [0.2, 0.25) is 0 Å². The lowest BCUT2D eigenvalue weighted by atomic mass is 10.3. The molecule has 1 aromatic rings. The van der Waals surface area contributed by atoms with E-state index in [1.54, 1.807) is 4.68 Å². The van der Waals surface area contributed by atoms with Crippen LogP contribution in [0, 0.1) is 13.8 Å². The number of carboxylic acid groups (broad SMARTS) is 1. The molecule has 1 rings (SSSR count). The van der Waals surface area contributed by atoms with E-state index in [0.29, 0.717) is 0 Å². The molecule has 0 aliphatic rings. The minimum absolute atomic E-state index is 0.0652. The summed E-state index contributed by atoms with van der Waals surface area (Å²) in [6.07, 6.45) is -1.03. The molecule has 1 heterocycles. The summed E-state index contributed by atoms with van der Waals surface area (Å²) in [7, 11) is 1.28. The summed E-state index contributed by atoms with van der Waals surface area (Å²) in [6, 6.07) is 1.86. The van der Waals surface area contributed by atoms with Crippen LogP contribution in [0.1, 0.15) is 11.4 Å². The van der Waals surface area contributed by atoms with Crippen molar-refractivity contribution < 1.29 is 19.4 Å². The second kappa shape index (κ2) is 6.15. The summed E-state index contributed by atoms with van der Waals surface area (Å²) < 4.78 is 6.27. The Labute approximate surface area is 105 Å². The molecule has 1 aromatic heterocycles. The number of nitrogens with zero attached hydrogens (tertiary/aromatic N) is 2. The number of aryl methyl sites for hydroxylation is 2. The maximum absolute atomic E-state index is 11.6. The number of hydrogen-bond acceptors (Lipinski definition) is 4. The molecule has 18 heavy (non-hydrogen) atoms. The molecule has 0 fully saturated rings. The number of amides is 1. The number of carbonyl (C=O) groups is 2. The fourth-order valence-corrected chi connectivity index (χ4v) is 1.50. The zero-order valence-electron chi connectivity index (χ0n) is 10.6. The molecule has 0 bridgehead atoms. The summed E-state index contributed by atoms with van der Waals surface area (Å²) in [6.45, 7) is 3.69. The van der Waals surface area contributed by atoms with Crippen LogP contribution in [-0.2, 0) is 20.9 Å². The molecule has 1 unspecified atom stereocenters. The summed E-state index contributed by atoms with van der Waals surface area (Å²) >= 11 is 0. The fourth-order valence-electron chi connectivity index (χ4n) is 1.50. The number of aromatic nitrogens is 2. The highest BCUT2D eigenvalue weighted by molar-refractivity contribution is 5.77. The van der Waals surface area contributed by atoms with Crippen molar-refractivity contribution in [3.8, 4) is 0 Å². The smallest absolute Gasteiger partial charge is 0.334 e. The maximum atomic E-state index is 11.6. The fraction of sp³-hybridized carbons (Fsp3) is 0.545. The van der Waals surface area contributed by atoms with E-state index in [4.69, 9.17) is 9.84 Å². The molecule has 0 radical (unpaired) electrons. The first kappa shape index (κ1) is 14.2. The molecule has 7 nitrogen and oxygen atoms in total. The molecule has 0 aliphatic heterocycles. The number of aliphatic carboxylic acids is 1. The van der Waals surface area contributed by atoms with E-state index in [1.165, 1.54) is 7.11 Å². The summed E-state index contributed by atoms with van der Waals surface area (Å²) in [5, 5.41) is 15.4. The van der Waals surface area contributed by atoms with E-state index in [9.17, 15) is 9.59 Å². The van der Waals surface area contributed by atoms with Crippen LogP contribution in [-0.4, -0.2) is 46.5 Å². The van der Waals surface area contributed by atoms with Gasteiger partial charge >= 0.3 is 5.97 Å². The zero-order chi connectivity index (χ0) is 13.7. The molecule has 2 N–H and O–H groups in total. The second-order valence-electron chi connectivity index (χ2n) is 3.95. The highest BCUT2D eigenvalue weighted by Gasteiger charge is 2.17. The average Bonchev–Trinajstić information content (AvgIpc) is 2.57. The molecular formula is C11H17N3O4. The Balaban J connectivity index is 2.47. The molecule has 100 valence electrons. The van der Waals surface area contributed by atoms with Crippen molar-refractivity contribution in [2.75, 3.05) is 13.7 Å². The minimum atomic E-state index is -1.11. The van der Waals surface area contributed by atoms with Gasteiger partial charge in [-0.2, -0.15) is 5.10 Å². The first-order valence-corrected chi connectivity index (χ1v) is 5.47. The van der Waals surface area contributed by atoms with Gasteiger partial charge in [0.1, 0.15) is 6.54 Å². The van der Waals surface area contributed by atoms with Gasteiger partial charge in [-0.25, -0.2) is 4.79 Å². The monoisotopic (exact) mass is 255 g/mol. The van der Waals surface area contributed by atoms with Crippen molar-refractivity contribution in [1.29, 1.82) is 0 Å². The zero-order valence-corrected chi connectivity index (χ0v) is 10.6. The minimum Gasteiger partial charge on any atom is -0.479 e. The van der Waals surface area contributed by atoms with E-state index >= 15 is 0 Å². The van der Waals surface area contributed by atoms with E-state index in [2.05, 4.69) is 10.4 Å². The second-order valence-corrected chi connectivity index (χ2v) is 3.95. The quantitative estimate of drug-likeness (QED) is 0.729. The van der Waals surface area contributed by atoms with Gasteiger partial charge < -0.3 is 15.2 Å². The lowest BCUT2D eigenvalue weighted by Gasteiger charge is -2.11. The summed E-state index contributed by atoms with van der Waals surface area (Å²) in [4.78, 5) is 22.3. The van der Waals surface area contributed by atoms with Gasteiger partial charge in [0.25, 0.3) is 0 Å². The van der Waals surface area contributed by atoms with E-state index < -0.39 is 12.1 Å². The highest BCUT2D eigenvalue weighted by Crippen LogP contribution is 2.01. The van der Waals surface area contributed by atoms with Crippen LogP contribution in [0.25, 0.3) is 0 Å². The Morgan fingerprint density at radius 2 is 2.22 bits per heavy atom. The predicted molar refractivity (Wildman–Crippen MR) is 63.1 cm³/mol. The number of carboxylic acids is 1. The summed E-state index contributed by atoms with van der Waals surface area (Å²) in [5.74, 6) is -1.41. The Morgan fingerprint density at radius 1 is 1.56 bits per heavy atom. The Kier molecular flexibility index (Phi) is 4.85. The van der Waals surface area contributed by atoms with Crippen LogP contribution in [0.4, 0.5) is 0 Å². The molecule has 1 atom stereocenters. The lowest BCUT2D eigenvalue weighted by molar-refractivity contribution is -0.148. The molecule has 0 spiro atoms. The van der Waals surface area contributed by atoms with Crippen LogP contribution in [0.5, 0.6) is 0 Å². The number of methoxy groups -OCH3 is 1. The van der Waals surface area contributed by atoms with E-state index in [1.807, 2.05) is 19.9 Å². The molecule has 1 amide bonds. The van der Waals surface area contributed by atoms with Crippen molar-refractivity contribution in [3.05, 3.63) is 17.5 Å². The third-order valence-corrected chi connectivity index (χ3v) is 2.44. The van der Waals surface area contributed by atoms with Crippen molar-refractivity contribution in [3.63, 3.8) is 0 Å². The maximum Gasteiger partial charge on any atom is 0.334 e. The number of ether oxygens (including phenoxy) is 1. The van der Waals surface area contributed by atoms with Gasteiger partial charge in [0.05, 0.1) is 12.2 Å². The SMILES string of the molecule is COC(CNC(=O)Cn1nc(C)cc1C)C(=O)O. The van der Waals surface area contributed by atoms with Crippen LogP contribution in [0.3, 0.4) is 0 Å². The molecule has 0 saturated carbocycles. The van der Waals surface area contributed by atoms with Gasteiger partial charge in [-0.3, -0.25) is 9.48 Å². The van der Waals surface area contributed by atoms with Gasteiger partial charge in [-0.05, 0) is 19.9 Å². The largest absolute Gasteiger partial charge is 0.479 e. The van der Waals surface area contributed by atoms with Gasteiger partial charge in [0.2, 0.25) is 5.91 Å². The van der Waals surface area contributed by atoms with Crippen molar-refractivity contribution in [2.24, 2.45) is 0 Å². The molecule has 0 aliphatic carbocycles.